The summed E-state index contributed by atoms with van der Waals surface area (Å²) in [7, 11) is 0. The van der Waals surface area contributed by atoms with Crippen LogP contribution in [0.15, 0.2) is 29.1 Å². The molecule has 0 bridgehead atoms. The Bertz CT molecular complexity index is 643. The molecule has 0 aliphatic rings. The molecule has 0 fully saturated rings. The number of halogens is 3. The summed E-state index contributed by atoms with van der Waals surface area (Å²) < 4.78 is 43.5. The highest BCUT2D eigenvalue weighted by atomic mass is 19.4. The summed E-state index contributed by atoms with van der Waals surface area (Å²) in [5.41, 5.74) is 1.25. The smallest absolute Gasteiger partial charge is 0.370 e. The molecular formula is C13H15F3N2O2. The number of aromatic nitrogens is 2. The fourth-order valence-corrected chi connectivity index (χ4v) is 2.14. The van der Waals surface area contributed by atoms with E-state index in [0.29, 0.717) is 12.1 Å². The lowest BCUT2D eigenvalue weighted by Crippen LogP contribution is -2.26. The van der Waals surface area contributed by atoms with Crippen molar-refractivity contribution in [1.29, 1.82) is 0 Å². The lowest BCUT2D eigenvalue weighted by Gasteiger charge is -2.08. The minimum atomic E-state index is -4.34. The number of benzene rings is 1. The molecule has 0 saturated carbocycles. The number of ether oxygens (including phenoxy) is 1. The Morgan fingerprint density at radius 1 is 1.15 bits per heavy atom. The monoisotopic (exact) mass is 288 g/mol. The topological polar surface area (TPSA) is 36.2 Å². The standard InChI is InChI=1S/C13H15F3N2O2/c1-2-17-10-5-3-4-6-11(10)18(12(17)19)7-8-20-9-13(14,15)16/h3-6H,2,7-9H2,1H3. The average Bonchev–Trinajstić information content (AvgIpc) is 2.65. The Labute approximate surface area is 113 Å². The molecule has 4 nitrogen and oxygen atoms in total. The van der Waals surface area contributed by atoms with Crippen molar-refractivity contribution in [2.75, 3.05) is 13.2 Å². The third kappa shape index (κ3) is 3.04. The number of nitrogens with zero attached hydrogens (tertiary/aromatic N) is 2. The summed E-state index contributed by atoms with van der Waals surface area (Å²) in [4.78, 5) is 12.2. The molecule has 0 aliphatic carbocycles. The third-order valence-electron chi connectivity index (χ3n) is 2.97. The fourth-order valence-electron chi connectivity index (χ4n) is 2.14. The zero-order valence-corrected chi connectivity index (χ0v) is 11.0. The maximum absolute atomic E-state index is 12.2. The molecule has 7 heteroatoms. The van der Waals surface area contributed by atoms with Gasteiger partial charge in [-0.15, -0.1) is 0 Å². The number of aryl methyl sites for hydroxylation is 1. The Balaban J connectivity index is 2.18. The zero-order chi connectivity index (χ0) is 14.8. The molecule has 0 amide bonds. The van der Waals surface area contributed by atoms with Crippen LogP contribution in [-0.2, 0) is 17.8 Å². The van der Waals surface area contributed by atoms with Crippen molar-refractivity contribution in [3.63, 3.8) is 0 Å². The summed E-state index contributed by atoms with van der Waals surface area (Å²) in [5.74, 6) is 0. The number of para-hydroxylation sites is 2. The first-order valence-electron chi connectivity index (χ1n) is 6.26. The molecule has 2 aromatic rings. The first-order valence-corrected chi connectivity index (χ1v) is 6.26. The van der Waals surface area contributed by atoms with Crippen molar-refractivity contribution in [2.24, 2.45) is 0 Å². The summed E-state index contributed by atoms with van der Waals surface area (Å²) in [6, 6.07) is 7.19. The van der Waals surface area contributed by atoms with Gasteiger partial charge in [0.15, 0.2) is 0 Å². The van der Waals surface area contributed by atoms with Crippen LogP contribution in [0, 0.1) is 0 Å². The third-order valence-corrected chi connectivity index (χ3v) is 2.97. The van der Waals surface area contributed by atoms with E-state index in [1.807, 2.05) is 19.1 Å². The summed E-state index contributed by atoms with van der Waals surface area (Å²) in [6.07, 6.45) is -4.34. The van der Waals surface area contributed by atoms with E-state index in [0.717, 1.165) is 5.52 Å². The van der Waals surface area contributed by atoms with Crippen LogP contribution in [0.4, 0.5) is 13.2 Å². The van der Waals surface area contributed by atoms with Gasteiger partial charge in [-0.2, -0.15) is 13.2 Å². The summed E-state index contributed by atoms with van der Waals surface area (Å²) in [5, 5.41) is 0. The second-order valence-electron chi connectivity index (χ2n) is 4.33. The average molecular weight is 288 g/mol. The van der Waals surface area contributed by atoms with Gasteiger partial charge in [-0.1, -0.05) is 12.1 Å². The number of rotatable bonds is 5. The first kappa shape index (κ1) is 14.6. The van der Waals surface area contributed by atoms with Gasteiger partial charge in [0, 0.05) is 6.54 Å². The molecule has 2 rings (SSSR count). The van der Waals surface area contributed by atoms with E-state index in [1.165, 1.54) is 4.57 Å². The maximum Gasteiger partial charge on any atom is 0.411 e. The van der Waals surface area contributed by atoms with Crippen LogP contribution >= 0.6 is 0 Å². The van der Waals surface area contributed by atoms with Crippen LogP contribution in [0.1, 0.15) is 6.92 Å². The van der Waals surface area contributed by atoms with E-state index in [-0.39, 0.29) is 18.8 Å². The van der Waals surface area contributed by atoms with Gasteiger partial charge in [0.05, 0.1) is 24.2 Å². The molecule has 0 aliphatic heterocycles. The van der Waals surface area contributed by atoms with Gasteiger partial charge >= 0.3 is 11.9 Å². The van der Waals surface area contributed by atoms with Crippen molar-refractivity contribution >= 4 is 11.0 Å². The fraction of sp³-hybridized carbons (Fsp3) is 0.462. The highest BCUT2D eigenvalue weighted by Gasteiger charge is 2.27. The molecule has 0 N–H and O–H groups in total. The molecule has 0 saturated heterocycles. The summed E-state index contributed by atoms with van der Waals surface area (Å²) >= 11 is 0. The SMILES string of the molecule is CCn1c(=O)n(CCOCC(F)(F)F)c2ccccc21. The molecule has 0 unspecified atom stereocenters. The van der Waals surface area contributed by atoms with Crippen LogP contribution in [-0.4, -0.2) is 28.5 Å². The minimum absolute atomic E-state index is 0.0996. The van der Waals surface area contributed by atoms with E-state index < -0.39 is 12.8 Å². The predicted octanol–water partition coefficient (Wildman–Crippen LogP) is 2.40. The van der Waals surface area contributed by atoms with Crippen LogP contribution in [0.2, 0.25) is 0 Å². The molecule has 0 spiro atoms. The van der Waals surface area contributed by atoms with Crippen molar-refractivity contribution in [2.45, 2.75) is 26.2 Å². The van der Waals surface area contributed by atoms with Gasteiger partial charge in [0.2, 0.25) is 0 Å². The Hall–Kier alpha value is -1.76. The number of imidazole rings is 1. The number of hydrogen-bond donors (Lipinski definition) is 0. The largest absolute Gasteiger partial charge is 0.411 e. The van der Waals surface area contributed by atoms with E-state index in [1.54, 1.807) is 16.7 Å². The van der Waals surface area contributed by atoms with E-state index in [4.69, 9.17) is 0 Å². The number of hydrogen-bond acceptors (Lipinski definition) is 2. The molecule has 0 radical (unpaired) electrons. The van der Waals surface area contributed by atoms with Crippen molar-refractivity contribution in [3.8, 4) is 0 Å². The Morgan fingerprint density at radius 3 is 2.30 bits per heavy atom. The Morgan fingerprint density at radius 2 is 1.75 bits per heavy atom. The van der Waals surface area contributed by atoms with Crippen LogP contribution in [0.5, 0.6) is 0 Å². The minimum Gasteiger partial charge on any atom is -0.370 e. The molecular weight excluding hydrogens is 273 g/mol. The molecule has 1 aromatic heterocycles. The lowest BCUT2D eigenvalue weighted by atomic mass is 10.3. The van der Waals surface area contributed by atoms with E-state index in [2.05, 4.69) is 4.74 Å². The molecule has 0 atom stereocenters. The van der Waals surface area contributed by atoms with Crippen molar-refractivity contribution < 1.29 is 17.9 Å². The van der Waals surface area contributed by atoms with Crippen LogP contribution in [0.25, 0.3) is 11.0 Å². The molecule has 1 aromatic carbocycles. The van der Waals surface area contributed by atoms with Crippen LogP contribution in [0.3, 0.4) is 0 Å². The van der Waals surface area contributed by atoms with Crippen LogP contribution < -0.4 is 5.69 Å². The van der Waals surface area contributed by atoms with Gasteiger partial charge in [-0.05, 0) is 19.1 Å². The first-order chi connectivity index (χ1) is 9.44. The van der Waals surface area contributed by atoms with E-state index in [9.17, 15) is 18.0 Å². The highest BCUT2D eigenvalue weighted by Crippen LogP contribution is 2.15. The maximum atomic E-state index is 12.2. The second-order valence-corrected chi connectivity index (χ2v) is 4.33. The predicted molar refractivity (Wildman–Crippen MR) is 68.7 cm³/mol. The number of fused-ring (bicyclic) bond motifs is 1. The quantitative estimate of drug-likeness (QED) is 0.792. The zero-order valence-electron chi connectivity index (χ0n) is 11.0. The second kappa shape index (κ2) is 5.70. The van der Waals surface area contributed by atoms with Gasteiger partial charge in [-0.25, -0.2) is 4.79 Å². The Kier molecular flexibility index (Phi) is 4.17. The number of alkyl halides is 3. The van der Waals surface area contributed by atoms with Gasteiger partial charge in [-0.3, -0.25) is 9.13 Å². The van der Waals surface area contributed by atoms with Crippen molar-refractivity contribution in [1.82, 2.24) is 9.13 Å². The summed E-state index contributed by atoms with van der Waals surface area (Å²) in [6.45, 7) is 1.00. The van der Waals surface area contributed by atoms with Gasteiger partial charge in [0.1, 0.15) is 6.61 Å². The van der Waals surface area contributed by atoms with Gasteiger partial charge in [0.25, 0.3) is 0 Å². The molecule has 1 heterocycles. The van der Waals surface area contributed by atoms with E-state index >= 15 is 0 Å². The van der Waals surface area contributed by atoms with Crippen molar-refractivity contribution in [3.05, 3.63) is 34.7 Å². The van der Waals surface area contributed by atoms with Gasteiger partial charge < -0.3 is 4.74 Å². The molecule has 20 heavy (non-hydrogen) atoms. The normalized spacial score (nSPS) is 12.2. The lowest BCUT2D eigenvalue weighted by molar-refractivity contribution is -0.174. The highest BCUT2D eigenvalue weighted by molar-refractivity contribution is 5.75. The molecule has 110 valence electrons.